The number of carbonyl (C=O) groups excluding carboxylic acids is 1. The first kappa shape index (κ1) is 16.6. The first-order valence-electron chi connectivity index (χ1n) is 5.87. The number of halogens is 1. The number of amides is 1. The van der Waals surface area contributed by atoms with Crippen molar-refractivity contribution in [2.45, 2.75) is 25.4 Å². The number of methoxy groups -OCH3 is 1. The van der Waals surface area contributed by atoms with Crippen molar-refractivity contribution in [1.29, 1.82) is 0 Å². The fraction of sp³-hybridized carbons (Fsp3) is 0.909. The molecule has 1 aliphatic rings. The molecule has 0 bridgehead atoms. The van der Waals surface area contributed by atoms with Crippen molar-refractivity contribution in [2.75, 3.05) is 40.0 Å². The summed E-state index contributed by atoms with van der Waals surface area (Å²) in [6, 6.07) is 0. The Labute approximate surface area is 109 Å². The molecule has 2 N–H and O–H groups in total. The topological polar surface area (TPSA) is 59.6 Å². The Kier molecular flexibility index (Phi) is 8.51. The first-order chi connectivity index (χ1) is 7.75. The van der Waals surface area contributed by atoms with Crippen molar-refractivity contribution in [3.05, 3.63) is 0 Å². The van der Waals surface area contributed by atoms with Crippen molar-refractivity contribution in [3.63, 3.8) is 0 Å². The summed E-state index contributed by atoms with van der Waals surface area (Å²) in [7, 11) is 1.60. The number of hydrogen-bond donors (Lipinski definition) is 2. The van der Waals surface area contributed by atoms with E-state index < -0.39 is 5.60 Å². The van der Waals surface area contributed by atoms with Crippen LogP contribution in [0.3, 0.4) is 0 Å². The second-order valence-electron chi connectivity index (χ2n) is 3.90. The highest BCUT2D eigenvalue weighted by atomic mass is 35.5. The van der Waals surface area contributed by atoms with Crippen LogP contribution in [0, 0.1) is 0 Å². The Hall–Kier alpha value is -0.360. The third-order valence-corrected chi connectivity index (χ3v) is 2.95. The zero-order chi connectivity index (χ0) is 11.9. The van der Waals surface area contributed by atoms with Crippen LogP contribution in [0.25, 0.3) is 0 Å². The summed E-state index contributed by atoms with van der Waals surface area (Å²) in [4.78, 5) is 12.0. The molecule has 102 valence electrons. The molecule has 0 saturated carbocycles. The van der Waals surface area contributed by atoms with Gasteiger partial charge in [0.05, 0.1) is 6.61 Å². The van der Waals surface area contributed by atoms with Crippen LogP contribution in [0.2, 0.25) is 0 Å². The largest absolute Gasteiger partial charge is 0.380 e. The van der Waals surface area contributed by atoms with Gasteiger partial charge in [0.1, 0.15) is 5.60 Å². The SMILES string of the molecule is CCOCCNC(=O)C1(OC)CCNCC1.Cl. The van der Waals surface area contributed by atoms with Gasteiger partial charge in [-0.15, -0.1) is 12.4 Å². The Morgan fingerprint density at radius 2 is 2.06 bits per heavy atom. The van der Waals surface area contributed by atoms with E-state index in [2.05, 4.69) is 10.6 Å². The van der Waals surface area contributed by atoms with Crippen LogP contribution in [0.1, 0.15) is 19.8 Å². The molecular formula is C11H23ClN2O3. The average molecular weight is 267 g/mol. The molecule has 1 fully saturated rings. The second kappa shape index (κ2) is 8.69. The van der Waals surface area contributed by atoms with Gasteiger partial charge in [-0.3, -0.25) is 4.79 Å². The van der Waals surface area contributed by atoms with E-state index in [9.17, 15) is 4.79 Å². The minimum absolute atomic E-state index is 0. The molecule has 0 unspecified atom stereocenters. The maximum absolute atomic E-state index is 12.0. The summed E-state index contributed by atoms with van der Waals surface area (Å²) >= 11 is 0. The van der Waals surface area contributed by atoms with Crippen molar-refractivity contribution in [3.8, 4) is 0 Å². The van der Waals surface area contributed by atoms with Crippen molar-refractivity contribution >= 4 is 18.3 Å². The highest BCUT2D eigenvalue weighted by molar-refractivity contribution is 5.85. The minimum atomic E-state index is -0.641. The molecule has 1 saturated heterocycles. The minimum Gasteiger partial charge on any atom is -0.380 e. The molecule has 1 aliphatic heterocycles. The molecule has 1 rings (SSSR count). The molecule has 0 radical (unpaired) electrons. The Balaban J connectivity index is 0.00000256. The van der Waals surface area contributed by atoms with Gasteiger partial charge in [-0.25, -0.2) is 0 Å². The fourth-order valence-corrected chi connectivity index (χ4v) is 1.90. The van der Waals surface area contributed by atoms with Crippen molar-refractivity contribution in [2.24, 2.45) is 0 Å². The van der Waals surface area contributed by atoms with E-state index in [0.29, 0.717) is 19.8 Å². The summed E-state index contributed by atoms with van der Waals surface area (Å²) in [5.74, 6) is -0.0174. The molecule has 1 amide bonds. The summed E-state index contributed by atoms with van der Waals surface area (Å²) in [6.45, 7) is 5.37. The summed E-state index contributed by atoms with van der Waals surface area (Å²) in [5.41, 5.74) is -0.641. The van der Waals surface area contributed by atoms with Crippen molar-refractivity contribution < 1.29 is 14.3 Å². The normalized spacial score (nSPS) is 18.2. The zero-order valence-electron chi connectivity index (χ0n) is 10.6. The average Bonchev–Trinajstić information content (AvgIpc) is 2.35. The van der Waals surface area contributed by atoms with E-state index in [0.717, 1.165) is 25.9 Å². The van der Waals surface area contributed by atoms with Gasteiger partial charge in [0.2, 0.25) is 0 Å². The highest BCUT2D eigenvalue weighted by Gasteiger charge is 2.39. The van der Waals surface area contributed by atoms with Gasteiger partial charge < -0.3 is 20.1 Å². The van der Waals surface area contributed by atoms with E-state index in [-0.39, 0.29) is 18.3 Å². The highest BCUT2D eigenvalue weighted by Crippen LogP contribution is 2.22. The van der Waals surface area contributed by atoms with E-state index >= 15 is 0 Å². The predicted octanol–water partition coefficient (Wildman–Crippen LogP) is 0.330. The van der Waals surface area contributed by atoms with E-state index in [4.69, 9.17) is 9.47 Å². The maximum atomic E-state index is 12.0. The monoisotopic (exact) mass is 266 g/mol. The van der Waals surface area contributed by atoms with E-state index in [1.54, 1.807) is 7.11 Å². The second-order valence-corrected chi connectivity index (χ2v) is 3.90. The predicted molar refractivity (Wildman–Crippen MR) is 68.6 cm³/mol. The molecule has 0 aromatic carbocycles. The summed E-state index contributed by atoms with van der Waals surface area (Å²) in [6.07, 6.45) is 1.45. The molecule has 0 aromatic rings. The van der Waals surface area contributed by atoms with Crippen LogP contribution in [0.4, 0.5) is 0 Å². The Morgan fingerprint density at radius 3 is 2.59 bits per heavy atom. The molecule has 0 spiro atoms. The molecule has 1 heterocycles. The van der Waals surface area contributed by atoms with Gasteiger partial charge in [0.15, 0.2) is 0 Å². The molecule has 6 heteroatoms. The van der Waals surface area contributed by atoms with Crippen LogP contribution >= 0.6 is 12.4 Å². The Bertz CT molecular complexity index is 221. The number of carbonyl (C=O) groups is 1. The standard InChI is InChI=1S/C11H22N2O3.ClH/c1-3-16-9-8-13-10(14)11(15-2)4-6-12-7-5-11;/h12H,3-9H2,1-2H3,(H,13,14);1H. The van der Waals surface area contributed by atoms with Gasteiger partial charge in [-0.1, -0.05) is 0 Å². The molecule has 0 aliphatic carbocycles. The van der Waals surface area contributed by atoms with E-state index in [1.807, 2.05) is 6.92 Å². The lowest BCUT2D eigenvalue weighted by Crippen LogP contribution is -2.54. The van der Waals surface area contributed by atoms with Crippen LogP contribution in [-0.4, -0.2) is 51.5 Å². The number of ether oxygens (including phenoxy) is 2. The van der Waals surface area contributed by atoms with Crippen molar-refractivity contribution in [1.82, 2.24) is 10.6 Å². The number of hydrogen-bond acceptors (Lipinski definition) is 4. The molecular weight excluding hydrogens is 244 g/mol. The van der Waals surface area contributed by atoms with Gasteiger partial charge in [0, 0.05) is 20.3 Å². The van der Waals surface area contributed by atoms with Crippen LogP contribution in [0.5, 0.6) is 0 Å². The van der Waals surface area contributed by atoms with E-state index in [1.165, 1.54) is 0 Å². The fourth-order valence-electron chi connectivity index (χ4n) is 1.90. The van der Waals surface area contributed by atoms with Gasteiger partial charge in [-0.05, 0) is 32.9 Å². The quantitative estimate of drug-likeness (QED) is 0.681. The van der Waals surface area contributed by atoms with Crippen LogP contribution < -0.4 is 10.6 Å². The first-order valence-corrected chi connectivity index (χ1v) is 5.87. The lowest BCUT2D eigenvalue weighted by molar-refractivity contribution is -0.146. The molecule has 0 aromatic heterocycles. The smallest absolute Gasteiger partial charge is 0.252 e. The molecule has 5 nitrogen and oxygen atoms in total. The molecule has 17 heavy (non-hydrogen) atoms. The van der Waals surface area contributed by atoms with Gasteiger partial charge in [0.25, 0.3) is 5.91 Å². The Morgan fingerprint density at radius 1 is 1.41 bits per heavy atom. The number of piperidine rings is 1. The molecule has 0 atom stereocenters. The van der Waals surface area contributed by atoms with Gasteiger partial charge in [-0.2, -0.15) is 0 Å². The number of nitrogens with one attached hydrogen (secondary N) is 2. The lowest BCUT2D eigenvalue weighted by Gasteiger charge is -2.34. The maximum Gasteiger partial charge on any atom is 0.252 e. The lowest BCUT2D eigenvalue weighted by atomic mass is 9.91. The van der Waals surface area contributed by atoms with Crippen LogP contribution in [-0.2, 0) is 14.3 Å². The summed E-state index contributed by atoms with van der Waals surface area (Å²) < 4.78 is 10.6. The third-order valence-electron chi connectivity index (χ3n) is 2.95. The van der Waals surface area contributed by atoms with Gasteiger partial charge >= 0.3 is 0 Å². The summed E-state index contributed by atoms with van der Waals surface area (Å²) in [5, 5.41) is 6.08. The zero-order valence-corrected chi connectivity index (χ0v) is 11.4. The third kappa shape index (κ3) is 4.79. The number of rotatable bonds is 6. The van der Waals surface area contributed by atoms with Crippen LogP contribution in [0.15, 0.2) is 0 Å².